The van der Waals surface area contributed by atoms with Crippen LogP contribution in [0.25, 0.3) is 0 Å². The molecule has 0 radical (unpaired) electrons. The molecule has 4 heterocycles. The van der Waals surface area contributed by atoms with Crippen LogP contribution in [0.1, 0.15) is 45.7 Å². The number of amidine groups is 1. The Hall–Kier alpha value is -3.43. The summed E-state index contributed by atoms with van der Waals surface area (Å²) in [6.07, 6.45) is 4.85. The van der Waals surface area contributed by atoms with Crippen molar-refractivity contribution in [3.63, 3.8) is 0 Å². The molecule has 1 amide bonds. The van der Waals surface area contributed by atoms with Gasteiger partial charge in [-0.2, -0.15) is 4.39 Å². The van der Waals surface area contributed by atoms with E-state index >= 15 is 0 Å². The number of nitrogens with zero attached hydrogens (tertiary/aromatic N) is 4. The first-order valence-corrected chi connectivity index (χ1v) is 9.54. The molecule has 2 unspecified atom stereocenters. The molecule has 2 atom stereocenters. The van der Waals surface area contributed by atoms with E-state index < -0.39 is 17.7 Å². The molecule has 10 heteroatoms. The number of nitrogens with two attached hydrogens (primary N) is 1. The maximum atomic E-state index is 13.5. The summed E-state index contributed by atoms with van der Waals surface area (Å²) in [7, 11) is 0. The Balaban J connectivity index is 1.46. The van der Waals surface area contributed by atoms with E-state index in [2.05, 4.69) is 15.1 Å². The molecule has 0 bridgehead atoms. The number of fused-ring (bicyclic) bond motifs is 2. The molecule has 8 nitrogen and oxygen atoms in total. The molecule has 2 aliphatic heterocycles. The van der Waals surface area contributed by atoms with Crippen molar-refractivity contribution in [1.29, 1.82) is 0 Å². The molecular formula is C20H19F2N5O3. The number of hydrogen-bond acceptors (Lipinski definition) is 6. The molecule has 2 aliphatic rings. The lowest BCUT2D eigenvalue weighted by Crippen LogP contribution is -2.49. The van der Waals surface area contributed by atoms with Gasteiger partial charge in [0.1, 0.15) is 11.7 Å². The molecular weight excluding hydrogens is 396 g/mol. The zero-order valence-electron chi connectivity index (χ0n) is 15.9. The lowest BCUT2D eigenvalue weighted by atomic mass is 9.90. The molecule has 156 valence electrons. The van der Waals surface area contributed by atoms with Crippen molar-refractivity contribution in [2.45, 2.75) is 31.7 Å². The fourth-order valence-electron chi connectivity index (χ4n) is 3.87. The highest BCUT2D eigenvalue weighted by molar-refractivity contribution is 5.96. The Kier molecular flexibility index (Phi) is 5.39. The van der Waals surface area contributed by atoms with E-state index in [9.17, 15) is 18.4 Å². The number of halogens is 2. The number of hydrogen-bond donors (Lipinski definition) is 1. The predicted octanol–water partition coefficient (Wildman–Crippen LogP) is 2.05. The number of carbonyl (C=O) groups is 2. The molecule has 2 N–H and O–H groups in total. The minimum absolute atomic E-state index is 0.0166. The van der Waals surface area contributed by atoms with Gasteiger partial charge in [-0.05, 0) is 49.4 Å². The Labute approximate surface area is 170 Å². The van der Waals surface area contributed by atoms with Crippen LogP contribution >= 0.6 is 0 Å². The minimum atomic E-state index is -0.862. The molecule has 2 aromatic rings. The van der Waals surface area contributed by atoms with E-state index in [0.717, 1.165) is 18.7 Å². The number of carbonyl (C=O) groups excluding carboxylic acids is 2. The van der Waals surface area contributed by atoms with Gasteiger partial charge >= 0.3 is 5.97 Å². The van der Waals surface area contributed by atoms with Crippen molar-refractivity contribution in [2.24, 2.45) is 16.8 Å². The van der Waals surface area contributed by atoms with Gasteiger partial charge in [0.15, 0.2) is 5.69 Å². The Morgan fingerprint density at radius 1 is 1.20 bits per heavy atom. The third kappa shape index (κ3) is 3.98. The average molecular weight is 415 g/mol. The summed E-state index contributed by atoms with van der Waals surface area (Å²) in [6, 6.07) is 3.59. The summed E-state index contributed by atoms with van der Waals surface area (Å²) < 4.78 is 26.4. The highest BCUT2D eigenvalue weighted by Gasteiger charge is 2.36. The van der Waals surface area contributed by atoms with Crippen LogP contribution in [0.2, 0.25) is 0 Å². The van der Waals surface area contributed by atoms with Gasteiger partial charge in [-0.3, -0.25) is 4.79 Å². The van der Waals surface area contributed by atoms with Crippen molar-refractivity contribution in [2.75, 3.05) is 6.54 Å². The van der Waals surface area contributed by atoms with Crippen molar-refractivity contribution in [1.82, 2.24) is 14.9 Å². The topological polar surface area (TPSA) is 111 Å². The summed E-state index contributed by atoms with van der Waals surface area (Å²) >= 11 is 0. The number of aromatic nitrogens is 2. The van der Waals surface area contributed by atoms with Gasteiger partial charge in [-0.15, -0.1) is 0 Å². The fraction of sp³-hybridized carbons (Fsp3) is 0.350. The number of amides is 1. The van der Waals surface area contributed by atoms with Crippen molar-refractivity contribution in [3.8, 4) is 0 Å². The Bertz CT molecular complexity index is 1010. The molecule has 1 saturated heterocycles. The van der Waals surface area contributed by atoms with E-state index in [0.29, 0.717) is 36.9 Å². The normalized spacial score (nSPS) is 21.5. The lowest BCUT2D eigenvalue weighted by Gasteiger charge is -2.38. The van der Waals surface area contributed by atoms with Crippen LogP contribution in [0.4, 0.5) is 8.78 Å². The summed E-state index contributed by atoms with van der Waals surface area (Å²) in [5.74, 6) is -2.47. The van der Waals surface area contributed by atoms with Crippen molar-refractivity contribution in [3.05, 3.63) is 59.2 Å². The Morgan fingerprint density at radius 3 is 2.80 bits per heavy atom. The average Bonchev–Trinajstić information content (AvgIpc) is 2.88. The number of aryl methyl sites for hydroxylation is 1. The summed E-state index contributed by atoms with van der Waals surface area (Å²) in [6.45, 7) is 0.308. The zero-order chi connectivity index (χ0) is 21.3. The molecule has 1 fully saturated rings. The quantitative estimate of drug-likeness (QED) is 0.270. The molecule has 0 aromatic carbocycles. The number of oxime groups is 1. The van der Waals surface area contributed by atoms with E-state index in [1.54, 1.807) is 4.90 Å². The monoisotopic (exact) mass is 415 g/mol. The van der Waals surface area contributed by atoms with Gasteiger partial charge < -0.3 is 15.5 Å². The highest BCUT2D eigenvalue weighted by atomic mass is 19.1. The SMILES string of the molecule is N/C(=N\OC(=O)c1ccc(F)cn1)C1CCC2CCc3cc(F)ncc3C(=O)N2C1. The van der Waals surface area contributed by atoms with E-state index in [1.807, 2.05) is 0 Å². The summed E-state index contributed by atoms with van der Waals surface area (Å²) in [4.78, 5) is 38.7. The smallest absolute Gasteiger partial charge is 0.383 e. The van der Waals surface area contributed by atoms with Gasteiger partial charge in [-0.25, -0.2) is 19.2 Å². The van der Waals surface area contributed by atoms with Crippen LogP contribution in [0, 0.1) is 17.7 Å². The molecule has 30 heavy (non-hydrogen) atoms. The number of pyridine rings is 2. The largest absolute Gasteiger partial charge is 0.384 e. The summed E-state index contributed by atoms with van der Waals surface area (Å²) in [5, 5.41) is 3.70. The van der Waals surface area contributed by atoms with Gasteiger partial charge in [0.05, 0.1) is 11.8 Å². The first-order chi connectivity index (χ1) is 14.4. The third-order valence-corrected chi connectivity index (χ3v) is 5.49. The minimum Gasteiger partial charge on any atom is -0.384 e. The molecule has 0 spiro atoms. The second-order valence-corrected chi connectivity index (χ2v) is 7.35. The second kappa shape index (κ2) is 8.13. The van der Waals surface area contributed by atoms with Gasteiger partial charge in [0, 0.05) is 24.7 Å². The maximum Gasteiger partial charge on any atom is 0.383 e. The van der Waals surface area contributed by atoms with Crippen LogP contribution in [0.5, 0.6) is 0 Å². The second-order valence-electron chi connectivity index (χ2n) is 7.35. The third-order valence-electron chi connectivity index (χ3n) is 5.49. The van der Waals surface area contributed by atoms with E-state index in [1.165, 1.54) is 18.3 Å². The van der Waals surface area contributed by atoms with Crippen LogP contribution in [-0.2, 0) is 11.3 Å². The van der Waals surface area contributed by atoms with Gasteiger partial charge in [0.2, 0.25) is 5.95 Å². The zero-order valence-corrected chi connectivity index (χ0v) is 15.9. The first kappa shape index (κ1) is 19.9. The van der Waals surface area contributed by atoms with Gasteiger partial charge in [-0.1, -0.05) is 5.16 Å². The van der Waals surface area contributed by atoms with Crippen LogP contribution in [0.15, 0.2) is 35.7 Å². The lowest BCUT2D eigenvalue weighted by molar-refractivity contribution is 0.0489. The van der Waals surface area contributed by atoms with Crippen molar-refractivity contribution >= 4 is 17.7 Å². The highest BCUT2D eigenvalue weighted by Crippen LogP contribution is 2.31. The molecule has 0 saturated carbocycles. The van der Waals surface area contributed by atoms with Crippen LogP contribution in [-0.4, -0.2) is 45.2 Å². The predicted molar refractivity (Wildman–Crippen MR) is 101 cm³/mol. The fourth-order valence-corrected chi connectivity index (χ4v) is 3.87. The Morgan fingerprint density at radius 2 is 2.03 bits per heavy atom. The molecule has 0 aliphatic carbocycles. The maximum absolute atomic E-state index is 13.5. The van der Waals surface area contributed by atoms with Crippen LogP contribution < -0.4 is 5.73 Å². The van der Waals surface area contributed by atoms with Gasteiger partial charge in [0.25, 0.3) is 5.91 Å². The first-order valence-electron chi connectivity index (χ1n) is 9.54. The van der Waals surface area contributed by atoms with Crippen molar-refractivity contribution < 1.29 is 23.2 Å². The number of piperidine rings is 1. The number of rotatable bonds is 3. The standard InChI is InChI=1S/C20H19F2N5O3/c21-13-3-6-16(24-8-13)20(29)30-26-18(23)12-2-5-14-4-1-11-7-17(22)25-9-15(11)19(28)27(14)10-12/h3,6-9,12,14H,1-2,4-5,10H2,(H2,23,26). The summed E-state index contributed by atoms with van der Waals surface area (Å²) in [5.41, 5.74) is 6.96. The molecule has 2 aromatic heterocycles. The van der Waals surface area contributed by atoms with E-state index in [-0.39, 0.29) is 29.4 Å². The molecule has 4 rings (SSSR count). The van der Waals surface area contributed by atoms with E-state index in [4.69, 9.17) is 10.6 Å². The van der Waals surface area contributed by atoms with Crippen LogP contribution in [0.3, 0.4) is 0 Å².